The number of nitrogens with one attached hydrogen (secondary N) is 2. The number of hydrogen-bond acceptors (Lipinski definition) is 8. The van der Waals surface area contributed by atoms with Gasteiger partial charge in [-0.3, -0.25) is 19.4 Å². The Morgan fingerprint density at radius 1 is 1.03 bits per heavy atom. The van der Waals surface area contributed by atoms with Crippen molar-refractivity contribution in [3.8, 4) is 5.75 Å². The van der Waals surface area contributed by atoms with Crippen LogP contribution in [-0.2, 0) is 27.5 Å². The topological polar surface area (TPSA) is 126 Å². The number of carbonyl (C=O) groups excluding carboxylic acids is 3. The quantitative estimate of drug-likeness (QED) is 0.402. The summed E-state index contributed by atoms with van der Waals surface area (Å²) in [6, 6.07) is 17.7. The number of amides is 3. The van der Waals surface area contributed by atoms with Crippen molar-refractivity contribution in [2.24, 2.45) is 9.98 Å². The van der Waals surface area contributed by atoms with Crippen LogP contribution < -0.4 is 15.4 Å². The lowest BCUT2D eigenvalue weighted by molar-refractivity contribution is -0.125. The van der Waals surface area contributed by atoms with E-state index in [4.69, 9.17) is 9.15 Å². The van der Waals surface area contributed by atoms with Crippen molar-refractivity contribution in [1.29, 1.82) is 0 Å². The molecule has 200 valence electrons. The Hall–Kier alpha value is -4.38. The highest BCUT2D eigenvalue weighted by Gasteiger charge is 2.41. The zero-order valence-electron chi connectivity index (χ0n) is 21.3. The molecular formula is C28H27N5O5S. The van der Waals surface area contributed by atoms with E-state index in [0.29, 0.717) is 34.7 Å². The van der Waals surface area contributed by atoms with Gasteiger partial charge in [0.2, 0.25) is 11.8 Å². The highest BCUT2D eigenvalue weighted by Crippen LogP contribution is 2.34. The predicted molar refractivity (Wildman–Crippen MR) is 148 cm³/mol. The van der Waals surface area contributed by atoms with Gasteiger partial charge < -0.3 is 19.8 Å². The first kappa shape index (κ1) is 26.2. The lowest BCUT2D eigenvalue weighted by atomic mass is 10.1. The second-order valence-electron chi connectivity index (χ2n) is 8.83. The summed E-state index contributed by atoms with van der Waals surface area (Å²) in [4.78, 5) is 49.2. The fourth-order valence-corrected chi connectivity index (χ4v) is 5.10. The molecule has 2 aliphatic rings. The Labute approximate surface area is 229 Å². The van der Waals surface area contributed by atoms with Gasteiger partial charge in [0.1, 0.15) is 23.4 Å². The van der Waals surface area contributed by atoms with Gasteiger partial charge in [-0.25, -0.2) is 9.89 Å². The Morgan fingerprint density at radius 3 is 2.64 bits per heavy atom. The number of furan rings is 1. The van der Waals surface area contributed by atoms with E-state index in [2.05, 4.69) is 20.6 Å². The number of hydrogen-bond donors (Lipinski definition) is 2. The van der Waals surface area contributed by atoms with Crippen molar-refractivity contribution in [2.75, 3.05) is 12.9 Å². The first-order valence-electron chi connectivity index (χ1n) is 12.4. The average Bonchev–Trinajstić information content (AvgIpc) is 3.61. The molecule has 5 rings (SSSR count). The van der Waals surface area contributed by atoms with Crippen molar-refractivity contribution < 1.29 is 23.5 Å². The second-order valence-corrected chi connectivity index (χ2v) is 9.77. The summed E-state index contributed by atoms with van der Waals surface area (Å²) in [5, 5.41) is 6.06. The molecule has 3 heterocycles. The minimum atomic E-state index is -0.721. The Kier molecular flexibility index (Phi) is 8.07. The molecule has 10 nitrogen and oxygen atoms in total. The molecular weight excluding hydrogens is 518 g/mol. The van der Waals surface area contributed by atoms with Crippen molar-refractivity contribution in [3.05, 3.63) is 83.8 Å². The third-order valence-corrected chi connectivity index (χ3v) is 7.17. The maximum atomic E-state index is 13.4. The molecule has 3 aromatic rings. The number of ether oxygens (including phenoxy) is 1. The van der Waals surface area contributed by atoms with Gasteiger partial charge in [0, 0.05) is 24.1 Å². The molecule has 0 fully saturated rings. The van der Waals surface area contributed by atoms with E-state index in [-0.39, 0.29) is 42.9 Å². The normalized spacial score (nSPS) is 15.7. The number of carbonyl (C=O) groups is 3. The average molecular weight is 546 g/mol. The maximum absolute atomic E-state index is 13.4. The molecule has 2 N–H and O–H groups in total. The molecule has 1 aromatic heterocycles. The van der Waals surface area contributed by atoms with Crippen LogP contribution in [0.1, 0.15) is 29.7 Å². The lowest BCUT2D eigenvalue weighted by Gasteiger charge is -2.25. The van der Waals surface area contributed by atoms with Crippen molar-refractivity contribution >= 4 is 46.2 Å². The van der Waals surface area contributed by atoms with E-state index < -0.39 is 6.04 Å². The molecule has 39 heavy (non-hydrogen) atoms. The summed E-state index contributed by atoms with van der Waals surface area (Å²) in [6.45, 7) is 0.600. The molecule has 0 saturated heterocycles. The van der Waals surface area contributed by atoms with Gasteiger partial charge in [-0.1, -0.05) is 42.1 Å². The molecule has 0 radical (unpaired) electrons. The molecule has 0 aliphatic carbocycles. The van der Waals surface area contributed by atoms with Crippen LogP contribution in [0.4, 0.5) is 5.69 Å². The Balaban J connectivity index is 1.21. The second kappa shape index (κ2) is 12.0. The van der Waals surface area contributed by atoms with Crippen LogP contribution in [0.2, 0.25) is 0 Å². The van der Waals surface area contributed by atoms with E-state index in [1.165, 1.54) is 4.90 Å². The summed E-state index contributed by atoms with van der Waals surface area (Å²) >= 11 is 1.16. The van der Waals surface area contributed by atoms with Crippen LogP contribution >= 0.6 is 11.8 Å². The van der Waals surface area contributed by atoms with E-state index in [0.717, 1.165) is 22.9 Å². The first-order valence-corrected chi connectivity index (χ1v) is 13.4. The molecule has 1 unspecified atom stereocenters. The van der Waals surface area contributed by atoms with Crippen LogP contribution in [0.3, 0.4) is 0 Å². The van der Waals surface area contributed by atoms with Gasteiger partial charge >= 0.3 is 0 Å². The molecule has 2 aromatic carbocycles. The monoisotopic (exact) mass is 545 g/mol. The number of aliphatic imine (C=N–C) groups is 2. The molecule has 3 amide bonds. The summed E-state index contributed by atoms with van der Waals surface area (Å²) in [7, 11) is 1.58. The minimum absolute atomic E-state index is 0.0643. The van der Waals surface area contributed by atoms with Gasteiger partial charge in [-0.05, 0) is 36.8 Å². The third kappa shape index (κ3) is 6.04. The van der Waals surface area contributed by atoms with Crippen molar-refractivity contribution in [1.82, 2.24) is 15.5 Å². The van der Waals surface area contributed by atoms with Crippen LogP contribution in [0.15, 0.2) is 81.3 Å². The molecule has 0 spiro atoms. The van der Waals surface area contributed by atoms with Crippen LogP contribution in [0, 0.1) is 0 Å². The molecule has 0 bridgehead atoms. The molecule has 11 heteroatoms. The number of amidine groups is 2. The maximum Gasteiger partial charge on any atom is 0.259 e. The van der Waals surface area contributed by atoms with Crippen molar-refractivity contribution in [2.45, 2.75) is 32.0 Å². The van der Waals surface area contributed by atoms with E-state index in [1.54, 1.807) is 25.5 Å². The number of fused-ring (bicyclic) bond motifs is 3. The highest BCUT2D eigenvalue weighted by molar-refractivity contribution is 8.14. The van der Waals surface area contributed by atoms with Gasteiger partial charge in [0.25, 0.3) is 5.91 Å². The smallest absolute Gasteiger partial charge is 0.259 e. The number of methoxy groups -OCH3 is 1. The predicted octanol–water partition coefficient (Wildman–Crippen LogP) is 3.39. The number of benzene rings is 2. The number of thioether (sulfide) groups is 1. The Morgan fingerprint density at radius 2 is 1.82 bits per heavy atom. The zero-order valence-corrected chi connectivity index (χ0v) is 22.1. The minimum Gasteiger partial charge on any atom is -0.496 e. The van der Waals surface area contributed by atoms with E-state index >= 15 is 0 Å². The number of para-hydroxylation sites is 2. The van der Waals surface area contributed by atoms with Gasteiger partial charge in [-0.2, -0.15) is 0 Å². The summed E-state index contributed by atoms with van der Waals surface area (Å²) in [5.41, 5.74) is 2.28. The summed E-state index contributed by atoms with van der Waals surface area (Å²) < 4.78 is 10.6. The lowest BCUT2D eigenvalue weighted by Crippen LogP contribution is -2.41. The van der Waals surface area contributed by atoms with Crippen LogP contribution in [0.25, 0.3) is 0 Å². The van der Waals surface area contributed by atoms with Crippen LogP contribution in [-0.4, -0.2) is 52.5 Å². The summed E-state index contributed by atoms with van der Waals surface area (Å²) in [6.07, 6.45) is 1.93. The van der Waals surface area contributed by atoms with Crippen LogP contribution in [0.5, 0.6) is 5.75 Å². The fourth-order valence-electron chi connectivity index (χ4n) is 4.27. The van der Waals surface area contributed by atoms with Gasteiger partial charge in [0.05, 0.1) is 31.4 Å². The standard InChI is InChI=1S/C28H27N5O5S/c1-37-23-11-5-2-7-18(23)15-29-24(34)13-12-22-27(36)33-26(31-22)20-9-3-4-10-21(20)32-28(33)39-17-25(35)30-16-19-8-6-14-38-19/h2-11,14,22H,12-13,15-17H2,1H3,(H,29,34)(H,30,35). The van der Waals surface area contributed by atoms with Crippen molar-refractivity contribution in [3.63, 3.8) is 0 Å². The number of rotatable bonds is 10. The highest BCUT2D eigenvalue weighted by atomic mass is 32.2. The van der Waals surface area contributed by atoms with Gasteiger partial charge in [0.15, 0.2) is 5.17 Å². The molecule has 0 saturated carbocycles. The Bertz CT molecular complexity index is 1440. The number of nitrogens with zero attached hydrogens (tertiary/aromatic N) is 3. The molecule has 2 aliphatic heterocycles. The summed E-state index contributed by atoms with van der Waals surface area (Å²) in [5.74, 6) is 1.24. The fraction of sp³-hybridized carbons (Fsp3) is 0.250. The largest absolute Gasteiger partial charge is 0.496 e. The first-order chi connectivity index (χ1) is 19.0. The third-order valence-electron chi connectivity index (χ3n) is 6.23. The van der Waals surface area contributed by atoms with Gasteiger partial charge in [-0.15, -0.1) is 0 Å². The zero-order chi connectivity index (χ0) is 27.2. The SMILES string of the molecule is COc1ccccc1CNC(=O)CCC1N=C2c3ccccc3N=C(SCC(=O)NCc3ccco3)N2C1=O. The molecule has 1 atom stereocenters. The van der Waals surface area contributed by atoms with E-state index in [1.807, 2.05) is 48.5 Å². The van der Waals surface area contributed by atoms with E-state index in [9.17, 15) is 14.4 Å².